The summed E-state index contributed by atoms with van der Waals surface area (Å²) in [5.74, 6) is 0. The zero-order valence-corrected chi connectivity index (χ0v) is 17.8. The average molecular weight is 413 g/mol. The second-order valence-electron chi connectivity index (χ2n) is 7.77. The summed E-state index contributed by atoms with van der Waals surface area (Å²) < 4.78 is 0. The van der Waals surface area contributed by atoms with Crippen molar-refractivity contribution < 1.29 is 0 Å². The van der Waals surface area contributed by atoms with Crippen molar-refractivity contribution in [2.45, 2.75) is 0 Å². The summed E-state index contributed by atoms with van der Waals surface area (Å²) in [7, 11) is 0. The zero-order valence-electron chi connectivity index (χ0n) is 17.0. The van der Waals surface area contributed by atoms with Gasteiger partial charge in [-0.2, -0.15) is 0 Å². The molecule has 6 aromatic rings. The average Bonchev–Trinajstić information content (AvgIpc) is 3.34. The molecule has 0 saturated heterocycles. The minimum Gasteiger partial charge on any atom is -0.135 e. The quantitative estimate of drug-likeness (QED) is 0.254. The Hall–Kier alpha value is -3.68. The minimum absolute atomic E-state index is 1.27. The standard InChI is InChI=1S/C30H20S/c1-2-10-21(11-3-1)29-18-19-30(31-29)27-17-9-8-16-26(27)28-20-22-12-4-5-13-23(22)24-14-6-7-15-25(24)28/h1-20H. The molecule has 0 radical (unpaired) electrons. The smallest absolute Gasteiger partial charge is 0.0355 e. The maximum atomic E-state index is 2.35. The van der Waals surface area contributed by atoms with Gasteiger partial charge in [-0.1, -0.05) is 103 Å². The van der Waals surface area contributed by atoms with Crippen molar-refractivity contribution in [1.82, 2.24) is 0 Å². The van der Waals surface area contributed by atoms with Crippen LogP contribution in [0.5, 0.6) is 0 Å². The number of hydrogen-bond acceptors (Lipinski definition) is 1. The Bertz CT molecular complexity index is 1520. The van der Waals surface area contributed by atoms with E-state index >= 15 is 0 Å². The van der Waals surface area contributed by atoms with Crippen LogP contribution in [0.1, 0.15) is 0 Å². The van der Waals surface area contributed by atoms with E-state index in [1.165, 1.54) is 53.6 Å². The summed E-state index contributed by atoms with van der Waals surface area (Å²) >= 11 is 1.86. The largest absolute Gasteiger partial charge is 0.135 e. The summed E-state index contributed by atoms with van der Waals surface area (Å²) in [5.41, 5.74) is 5.13. The highest BCUT2D eigenvalue weighted by atomic mass is 32.1. The van der Waals surface area contributed by atoms with Gasteiger partial charge in [0, 0.05) is 9.75 Å². The van der Waals surface area contributed by atoms with Crippen molar-refractivity contribution in [2.75, 3.05) is 0 Å². The van der Waals surface area contributed by atoms with Gasteiger partial charge in [-0.05, 0) is 62.0 Å². The van der Waals surface area contributed by atoms with E-state index in [0.717, 1.165) is 0 Å². The Labute approximate surface area is 186 Å². The van der Waals surface area contributed by atoms with E-state index < -0.39 is 0 Å². The van der Waals surface area contributed by atoms with E-state index in [0.29, 0.717) is 0 Å². The van der Waals surface area contributed by atoms with Crippen LogP contribution < -0.4 is 0 Å². The summed E-state index contributed by atoms with van der Waals surface area (Å²) in [5, 5.41) is 5.19. The highest BCUT2D eigenvalue weighted by Crippen LogP contribution is 2.42. The van der Waals surface area contributed by atoms with Crippen LogP contribution in [-0.2, 0) is 0 Å². The number of rotatable bonds is 3. The fourth-order valence-electron chi connectivity index (χ4n) is 4.45. The molecule has 1 heteroatoms. The van der Waals surface area contributed by atoms with Crippen LogP contribution in [0, 0.1) is 0 Å². The molecule has 146 valence electrons. The van der Waals surface area contributed by atoms with E-state index in [2.05, 4.69) is 121 Å². The van der Waals surface area contributed by atoms with Gasteiger partial charge < -0.3 is 0 Å². The van der Waals surface area contributed by atoms with E-state index in [4.69, 9.17) is 0 Å². The minimum atomic E-state index is 1.27. The molecule has 0 amide bonds. The number of benzene rings is 5. The van der Waals surface area contributed by atoms with Crippen LogP contribution in [0.15, 0.2) is 121 Å². The van der Waals surface area contributed by atoms with Gasteiger partial charge in [-0.25, -0.2) is 0 Å². The monoisotopic (exact) mass is 412 g/mol. The molecule has 0 N–H and O–H groups in total. The highest BCUT2D eigenvalue weighted by Gasteiger charge is 2.14. The van der Waals surface area contributed by atoms with Gasteiger partial charge in [0.2, 0.25) is 0 Å². The van der Waals surface area contributed by atoms with Gasteiger partial charge in [0.1, 0.15) is 0 Å². The number of thiophene rings is 1. The van der Waals surface area contributed by atoms with Crippen LogP contribution in [0.3, 0.4) is 0 Å². The van der Waals surface area contributed by atoms with E-state index in [9.17, 15) is 0 Å². The molecule has 0 aliphatic rings. The Morgan fingerprint density at radius 1 is 0.387 bits per heavy atom. The second-order valence-corrected chi connectivity index (χ2v) is 8.85. The molecule has 1 heterocycles. The van der Waals surface area contributed by atoms with Crippen LogP contribution >= 0.6 is 11.3 Å². The molecule has 1 aromatic heterocycles. The molecule has 31 heavy (non-hydrogen) atoms. The first-order chi connectivity index (χ1) is 15.4. The molecule has 0 unspecified atom stereocenters. The highest BCUT2D eigenvalue weighted by molar-refractivity contribution is 7.18. The molecule has 6 rings (SSSR count). The van der Waals surface area contributed by atoms with Gasteiger partial charge in [0.05, 0.1) is 0 Å². The molecule has 0 bridgehead atoms. The topological polar surface area (TPSA) is 0 Å². The lowest BCUT2D eigenvalue weighted by Gasteiger charge is -2.14. The molecular formula is C30H20S. The number of fused-ring (bicyclic) bond motifs is 3. The van der Waals surface area contributed by atoms with Gasteiger partial charge in [0.25, 0.3) is 0 Å². The summed E-state index contributed by atoms with van der Waals surface area (Å²) in [6.07, 6.45) is 0. The number of hydrogen-bond donors (Lipinski definition) is 0. The molecule has 0 aliphatic heterocycles. The molecule has 0 nitrogen and oxygen atoms in total. The van der Waals surface area contributed by atoms with E-state index in [1.807, 2.05) is 11.3 Å². The van der Waals surface area contributed by atoms with Crippen molar-refractivity contribution >= 4 is 32.9 Å². The lowest BCUT2D eigenvalue weighted by molar-refractivity contribution is 1.66. The van der Waals surface area contributed by atoms with E-state index in [1.54, 1.807) is 0 Å². The molecular weight excluding hydrogens is 392 g/mol. The van der Waals surface area contributed by atoms with Gasteiger partial charge in [-0.3, -0.25) is 0 Å². The van der Waals surface area contributed by atoms with E-state index in [-0.39, 0.29) is 0 Å². The third kappa shape index (κ3) is 3.15. The maximum absolute atomic E-state index is 2.35. The molecule has 0 saturated carbocycles. The Morgan fingerprint density at radius 3 is 1.84 bits per heavy atom. The third-order valence-corrected chi connectivity index (χ3v) is 7.08. The zero-order chi connectivity index (χ0) is 20.6. The maximum Gasteiger partial charge on any atom is 0.0355 e. The molecule has 0 atom stereocenters. The normalized spacial score (nSPS) is 11.2. The fourth-order valence-corrected chi connectivity index (χ4v) is 5.50. The second kappa shape index (κ2) is 7.54. The first-order valence-electron chi connectivity index (χ1n) is 10.5. The summed E-state index contributed by atoms with van der Waals surface area (Å²) in [4.78, 5) is 2.60. The van der Waals surface area contributed by atoms with Crippen molar-refractivity contribution in [1.29, 1.82) is 0 Å². The van der Waals surface area contributed by atoms with Crippen molar-refractivity contribution in [3.8, 4) is 32.0 Å². The van der Waals surface area contributed by atoms with Crippen LogP contribution in [0.2, 0.25) is 0 Å². The van der Waals surface area contributed by atoms with Crippen LogP contribution in [0.4, 0.5) is 0 Å². The lowest BCUT2D eigenvalue weighted by atomic mass is 9.91. The SMILES string of the molecule is c1ccc(-c2ccc(-c3ccccc3-c3cc4ccccc4c4ccccc34)s2)cc1. The molecule has 5 aromatic carbocycles. The first-order valence-corrected chi connectivity index (χ1v) is 11.4. The first kappa shape index (κ1) is 18.1. The Balaban J connectivity index is 1.58. The van der Waals surface area contributed by atoms with Gasteiger partial charge in [0.15, 0.2) is 0 Å². The lowest BCUT2D eigenvalue weighted by Crippen LogP contribution is -1.87. The van der Waals surface area contributed by atoms with Crippen molar-refractivity contribution in [3.63, 3.8) is 0 Å². The van der Waals surface area contributed by atoms with Crippen LogP contribution in [-0.4, -0.2) is 0 Å². The third-order valence-electron chi connectivity index (χ3n) is 5.92. The summed E-state index contributed by atoms with van der Waals surface area (Å²) in [6, 6.07) is 43.7. The van der Waals surface area contributed by atoms with Crippen molar-refractivity contribution in [3.05, 3.63) is 121 Å². The predicted octanol–water partition coefficient (Wildman–Crippen LogP) is 9.06. The summed E-state index contributed by atoms with van der Waals surface area (Å²) in [6.45, 7) is 0. The molecule has 0 fully saturated rings. The van der Waals surface area contributed by atoms with Gasteiger partial charge in [-0.15, -0.1) is 11.3 Å². The van der Waals surface area contributed by atoms with Crippen LogP contribution in [0.25, 0.3) is 53.6 Å². The van der Waals surface area contributed by atoms with Crippen molar-refractivity contribution in [2.24, 2.45) is 0 Å². The predicted molar refractivity (Wildman–Crippen MR) is 136 cm³/mol. The van der Waals surface area contributed by atoms with Gasteiger partial charge >= 0.3 is 0 Å². The Morgan fingerprint density at radius 2 is 1.00 bits per heavy atom. The Kier molecular flexibility index (Phi) is 4.40. The fraction of sp³-hybridized carbons (Fsp3) is 0. The molecule has 0 spiro atoms. The molecule has 0 aliphatic carbocycles.